The molecule has 0 aromatic heterocycles. The smallest absolute Gasteiger partial charge is 0.255 e. The van der Waals surface area contributed by atoms with Gasteiger partial charge >= 0.3 is 0 Å². The number of ether oxygens (including phenoxy) is 1. The molecular weight excluding hydrogens is 365 g/mol. The Bertz CT molecular complexity index is 669. The van der Waals surface area contributed by atoms with E-state index in [-0.39, 0.29) is 40.7 Å². The Labute approximate surface area is 146 Å². The number of hydrogen-bond donors (Lipinski definition) is 2. The van der Waals surface area contributed by atoms with Crippen LogP contribution in [0.4, 0.5) is 0 Å². The van der Waals surface area contributed by atoms with Gasteiger partial charge in [0.05, 0.1) is 0 Å². The molecule has 1 aliphatic heterocycles. The van der Waals surface area contributed by atoms with Crippen LogP contribution in [0.3, 0.4) is 0 Å². The van der Waals surface area contributed by atoms with Gasteiger partial charge in [-0.05, 0) is 31.0 Å². The average molecular weight is 384 g/mol. The number of hydrogen-bond acceptors (Lipinski definition) is 5. The molecule has 1 aromatic carbocycles. The summed E-state index contributed by atoms with van der Waals surface area (Å²) in [4.78, 5) is 10.8. The first-order valence-electron chi connectivity index (χ1n) is 6.79. The Balaban J connectivity index is 0.00000264. The highest BCUT2D eigenvalue weighted by molar-refractivity contribution is 7.89. The summed E-state index contributed by atoms with van der Waals surface area (Å²) in [5.74, 6) is -0.648. The molecule has 1 atom stereocenters. The van der Waals surface area contributed by atoms with Crippen LogP contribution in [-0.4, -0.2) is 44.4 Å². The predicted octanol–water partition coefficient (Wildman–Crippen LogP) is 0.738. The van der Waals surface area contributed by atoms with Crippen LogP contribution in [0.5, 0.6) is 5.75 Å². The van der Waals surface area contributed by atoms with Gasteiger partial charge < -0.3 is 16.2 Å². The Kier molecular flexibility index (Phi) is 7.09. The van der Waals surface area contributed by atoms with E-state index in [1.807, 2.05) is 0 Å². The number of benzene rings is 1. The summed E-state index contributed by atoms with van der Waals surface area (Å²) >= 11 is 5.91. The maximum atomic E-state index is 12.8. The maximum absolute atomic E-state index is 12.8. The molecule has 0 saturated carbocycles. The quantitative estimate of drug-likeness (QED) is 0.751. The summed E-state index contributed by atoms with van der Waals surface area (Å²) in [6, 6.07) is 3.96. The zero-order valence-electron chi connectivity index (χ0n) is 12.3. The number of sulfonamides is 1. The first kappa shape index (κ1) is 20.0. The lowest BCUT2D eigenvalue weighted by molar-refractivity contribution is -0.120. The number of amides is 1. The largest absolute Gasteiger partial charge is 0.482 e. The lowest BCUT2D eigenvalue weighted by Gasteiger charge is -2.24. The van der Waals surface area contributed by atoms with Crippen LogP contribution in [0.1, 0.15) is 12.8 Å². The number of primary amides is 1. The van der Waals surface area contributed by atoms with E-state index < -0.39 is 22.5 Å². The van der Waals surface area contributed by atoms with Gasteiger partial charge in [-0.25, -0.2) is 8.42 Å². The molecule has 2 rings (SSSR count). The summed E-state index contributed by atoms with van der Waals surface area (Å²) < 4.78 is 32.2. The van der Waals surface area contributed by atoms with Crippen molar-refractivity contribution in [2.75, 3.05) is 19.7 Å². The molecule has 1 aliphatic rings. The van der Waals surface area contributed by atoms with Gasteiger partial charge in [-0.2, -0.15) is 4.31 Å². The molecule has 0 radical (unpaired) electrons. The Morgan fingerprint density at radius 2 is 2.13 bits per heavy atom. The minimum atomic E-state index is -3.81. The van der Waals surface area contributed by atoms with E-state index in [0.717, 1.165) is 6.42 Å². The third-order valence-corrected chi connectivity index (χ3v) is 5.67. The molecule has 0 bridgehead atoms. The van der Waals surface area contributed by atoms with Crippen LogP contribution in [0.25, 0.3) is 0 Å². The van der Waals surface area contributed by atoms with Gasteiger partial charge in [-0.15, -0.1) is 12.4 Å². The molecule has 1 unspecified atom stereocenters. The van der Waals surface area contributed by atoms with E-state index in [1.54, 1.807) is 0 Å². The Hall–Kier alpha value is -1.06. The highest BCUT2D eigenvalue weighted by Crippen LogP contribution is 2.33. The van der Waals surface area contributed by atoms with Crippen molar-refractivity contribution >= 4 is 39.9 Å². The van der Waals surface area contributed by atoms with Crippen LogP contribution in [0, 0.1) is 0 Å². The van der Waals surface area contributed by atoms with Crippen molar-refractivity contribution in [3.8, 4) is 5.75 Å². The van der Waals surface area contributed by atoms with E-state index in [4.69, 9.17) is 27.8 Å². The highest BCUT2D eigenvalue weighted by atomic mass is 35.5. The molecule has 23 heavy (non-hydrogen) atoms. The molecule has 1 heterocycles. The van der Waals surface area contributed by atoms with E-state index >= 15 is 0 Å². The van der Waals surface area contributed by atoms with Gasteiger partial charge in [0.15, 0.2) is 6.61 Å². The molecular formula is C13H19Cl2N3O4S. The molecule has 4 N–H and O–H groups in total. The normalized spacial score (nSPS) is 18.4. The Morgan fingerprint density at radius 1 is 1.43 bits per heavy atom. The van der Waals surface area contributed by atoms with Crippen molar-refractivity contribution in [1.29, 1.82) is 0 Å². The SMILES string of the molecule is Cl.NCC1CCCN1S(=O)(=O)c1cc(Cl)ccc1OCC(N)=O. The molecule has 130 valence electrons. The third kappa shape index (κ3) is 4.48. The van der Waals surface area contributed by atoms with Crippen LogP contribution in [0.2, 0.25) is 5.02 Å². The lowest BCUT2D eigenvalue weighted by atomic mass is 10.2. The van der Waals surface area contributed by atoms with Gasteiger partial charge in [0, 0.05) is 24.2 Å². The van der Waals surface area contributed by atoms with Crippen molar-refractivity contribution in [2.45, 2.75) is 23.8 Å². The van der Waals surface area contributed by atoms with Crippen molar-refractivity contribution in [3.63, 3.8) is 0 Å². The van der Waals surface area contributed by atoms with Crippen LogP contribution < -0.4 is 16.2 Å². The average Bonchev–Trinajstić information content (AvgIpc) is 2.95. The first-order valence-corrected chi connectivity index (χ1v) is 8.60. The zero-order chi connectivity index (χ0) is 16.3. The van der Waals surface area contributed by atoms with E-state index in [1.165, 1.54) is 22.5 Å². The standard InChI is InChI=1S/C13H18ClN3O4S.ClH/c14-9-3-4-11(21-8-13(16)18)12(6-9)22(19,20)17-5-1-2-10(17)7-15;/h3-4,6,10H,1-2,5,7-8,15H2,(H2,16,18);1H. The number of nitrogens with two attached hydrogens (primary N) is 2. The summed E-state index contributed by atoms with van der Waals surface area (Å²) in [6.07, 6.45) is 1.47. The van der Waals surface area contributed by atoms with Gasteiger partial charge in [-0.3, -0.25) is 4.79 Å². The van der Waals surface area contributed by atoms with E-state index in [0.29, 0.717) is 13.0 Å². The molecule has 1 saturated heterocycles. The second-order valence-electron chi connectivity index (χ2n) is 4.99. The molecule has 10 heteroatoms. The lowest BCUT2D eigenvalue weighted by Crippen LogP contribution is -2.40. The van der Waals surface area contributed by atoms with E-state index in [2.05, 4.69) is 0 Å². The summed E-state index contributed by atoms with van der Waals surface area (Å²) in [7, 11) is -3.81. The summed E-state index contributed by atoms with van der Waals surface area (Å²) in [6.45, 7) is 0.230. The van der Waals surface area contributed by atoms with Gasteiger partial charge in [-0.1, -0.05) is 11.6 Å². The monoisotopic (exact) mass is 383 g/mol. The van der Waals surface area contributed by atoms with Crippen molar-refractivity contribution in [3.05, 3.63) is 23.2 Å². The maximum Gasteiger partial charge on any atom is 0.255 e. The zero-order valence-corrected chi connectivity index (χ0v) is 14.7. The molecule has 7 nitrogen and oxygen atoms in total. The molecule has 1 fully saturated rings. The third-order valence-electron chi connectivity index (χ3n) is 3.46. The number of carbonyl (C=O) groups is 1. The fourth-order valence-electron chi connectivity index (χ4n) is 2.44. The Morgan fingerprint density at radius 3 is 2.74 bits per heavy atom. The second-order valence-corrected chi connectivity index (χ2v) is 7.29. The fraction of sp³-hybridized carbons (Fsp3) is 0.462. The highest BCUT2D eigenvalue weighted by Gasteiger charge is 2.36. The van der Waals surface area contributed by atoms with E-state index in [9.17, 15) is 13.2 Å². The molecule has 1 amide bonds. The topological polar surface area (TPSA) is 116 Å². The summed E-state index contributed by atoms with van der Waals surface area (Å²) in [5.41, 5.74) is 10.7. The molecule has 0 aliphatic carbocycles. The fourth-order valence-corrected chi connectivity index (χ4v) is 4.54. The van der Waals surface area contributed by atoms with Crippen LogP contribution >= 0.6 is 24.0 Å². The number of carbonyl (C=O) groups excluding carboxylic acids is 1. The predicted molar refractivity (Wildman–Crippen MR) is 89.4 cm³/mol. The van der Waals surface area contributed by atoms with Crippen LogP contribution in [-0.2, 0) is 14.8 Å². The molecule has 0 spiro atoms. The number of nitrogens with zero attached hydrogens (tertiary/aromatic N) is 1. The summed E-state index contributed by atoms with van der Waals surface area (Å²) in [5, 5.41) is 0.258. The van der Waals surface area contributed by atoms with Gasteiger partial charge in [0.2, 0.25) is 10.0 Å². The minimum Gasteiger partial charge on any atom is -0.482 e. The van der Waals surface area contributed by atoms with Gasteiger partial charge in [0.1, 0.15) is 10.6 Å². The van der Waals surface area contributed by atoms with Crippen LogP contribution in [0.15, 0.2) is 23.1 Å². The van der Waals surface area contributed by atoms with Crippen molar-refractivity contribution < 1.29 is 17.9 Å². The van der Waals surface area contributed by atoms with Crippen molar-refractivity contribution in [2.24, 2.45) is 11.5 Å². The molecule has 1 aromatic rings. The number of rotatable bonds is 6. The minimum absolute atomic E-state index is 0. The second kappa shape index (κ2) is 8.16. The number of halogens is 2. The first-order chi connectivity index (χ1) is 10.4. The van der Waals surface area contributed by atoms with Gasteiger partial charge in [0.25, 0.3) is 5.91 Å². The van der Waals surface area contributed by atoms with Crippen molar-refractivity contribution in [1.82, 2.24) is 4.31 Å².